The minimum absolute atomic E-state index is 0.112. The number of piperazine rings is 1. The first-order valence-corrected chi connectivity index (χ1v) is 8.10. The van der Waals surface area contributed by atoms with Crippen LogP contribution in [0.1, 0.15) is 12.5 Å². The summed E-state index contributed by atoms with van der Waals surface area (Å²) in [7, 11) is 0. The number of halogens is 1. The van der Waals surface area contributed by atoms with Gasteiger partial charge in [0.2, 0.25) is 0 Å². The van der Waals surface area contributed by atoms with Gasteiger partial charge in [-0.25, -0.2) is 0 Å². The highest BCUT2D eigenvalue weighted by Crippen LogP contribution is 2.15. The maximum atomic E-state index is 11.4. The molecule has 0 bridgehead atoms. The molecule has 0 spiro atoms. The molecule has 110 valence electrons. The second-order valence-electron chi connectivity index (χ2n) is 4.95. The highest BCUT2D eigenvalue weighted by Gasteiger charge is 2.19. The third-order valence-corrected chi connectivity index (χ3v) is 4.53. The highest BCUT2D eigenvalue weighted by atomic mass is 127. The topological polar surface area (TPSA) is 32.8 Å². The van der Waals surface area contributed by atoms with Crippen molar-refractivity contribution in [2.24, 2.45) is 0 Å². The van der Waals surface area contributed by atoms with Crippen molar-refractivity contribution < 1.29 is 9.53 Å². The van der Waals surface area contributed by atoms with E-state index in [-0.39, 0.29) is 5.97 Å². The molecule has 1 saturated heterocycles. The number of rotatable bonds is 5. The first-order chi connectivity index (χ1) is 9.69. The van der Waals surface area contributed by atoms with E-state index < -0.39 is 0 Å². The largest absolute Gasteiger partial charge is 0.465 e. The maximum absolute atomic E-state index is 11.4. The van der Waals surface area contributed by atoms with Gasteiger partial charge in [0.1, 0.15) is 0 Å². The van der Waals surface area contributed by atoms with E-state index in [0.717, 1.165) is 32.7 Å². The third-order valence-electron chi connectivity index (χ3n) is 3.47. The summed E-state index contributed by atoms with van der Waals surface area (Å²) in [6.45, 7) is 7.60. The molecular weight excluding hydrogens is 367 g/mol. The summed E-state index contributed by atoms with van der Waals surface area (Å²) >= 11 is 2.39. The first kappa shape index (κ1) is 15.7. The molecule has 20 heavy (non-hydrogen) atoms. The number of benzene rings is 1. The van der Waals surface area contributed by atoms with E-state index in [1.165, 1.54) is 9.13 Å². The van der Waals surface area contributed by atoms with Gasteiger partial charge < -0.3 is 4.74 Å². The molecule has 0 unspecified atom stereocenters. The van der Waals surface area contributed by atoms with Gasteiger partial charge in [0.05, 0.1) is 13.2 Å². The fourth-order valence-electron chi connectivity index (χ4n) is 2.36. The van der Waals surface area contributed by atoms with Gasteiger partial charge in [0, 0.05) is 36.3 Å². The third kappa shape index (κ3) is 4.71. The van der Waals surface area contributed by atoms with Crippen LogP contribution in [0.3, 0.4) is 0 Å². The van der Waals surface area contributed by atoms with Gasteiger partial charge in [-0.1, -0.05) is 18.2 Å². The maximum Gasteiger partial charge on any atom is 0.320 e. The van der Waals surface area contributed by atoms with E-state index in [1.807, 2.05) is 6.92 Å². The van der Waals surface area contributed by atoms with Crippen LogP contribution < -0.4 is 0 Å². The predicted molar refractivity (Wildman–Crippen MR) is 87.5 cm³/mol. The van der Waals surface area contributed by atoms with Crippen molar-refractivity contribution in [3.63, 3.8) is 0 Å². The van der Waals surface area contributed by atoms with Crippen LogP contribution in [0.15, 0.2) is 24.3 Å². The molecule has 5 heteroatoms. The zero-order valence-corrected chi connectivity index (χ0v) is 14.0. The number of nitrogens with zero attached hydrogens (tertiary/aromatic N) is 2. The zero-order valence-electron chi connectivity index (χ0n) is 11.8. The van der Waals surface area contributed by atoms with Gasteiger partial charge in [-0.15, -0.1) is 0 Å². The second kappa shape index (κ2) is 7.95. The molecule has 1 aromatic carbocycles. The quantitative estimate of drug-likeness (QED) is 0.571. The predicted octanol–water partition coefficient (Wildman–Crippen LogP) is 1.97. The zero-order chi connectivity index (χ0) is 14.4. The van der Waals surface area contributed by atoms with E-state index in [0.29, 0.717) is 13.2 Å². The van der Waals surface area contributed by atoms with Crippen molar-refractivity contribution in [1.82, 2.24) is 9.80 Å². The van der Waals surface area contributed by atoms with Gasteiger partial charge in [-0.05, 0) is 41.1 Å². The molecule has 0 aromatic heterocycles. The Kier molecular flexibility index (Phi) is 6.25. The molecule has 1 heterocycles. The Morgan fingerprint density at radius 2 is 1.85 bits per heavy atom. The van der Waals surface area contributed by atoms with Crippen LogP contribution >= 0.6 is 22.6 Å². The van der Waals surface area contributed by atoms with Crippen LogP contribution in [-0.2, 0) is 16.1 Å². The van der Waals surface area contributed by atoms with E-state index in [9.17, 15) is 4.79 Å². The number of ether oxygens (including phenoxy) is 1. The van der Waals surface area contributed by atoms with Crippen LogP contribution in [-0.4, -0.2) is 55.1 Å². The molecule has 0 radical (unpaired) electrons. The Bertz CT molecular complexity index is 445. The van der Waals surface area contributed by atoms with Gasteiger partial charge >= 0.3 is 5.97 Å². The molecule has 0 saturated carbocycles. The molecule has 1 aliphatic heterocycles. The molecule has 1 fully saturated rings. The summed E-state index contributed by atoms with van der Waals surface area (Å²) in [5, 5.41) is 0. The molecule has 1 aromatic rings. The normalized spacial score (nSPS) is 17.1. The molecular formula is C15H21IN2O2. The van der Waals surface area contributed by atoms with Crippen LogP contribution in [0, 0.1) is 3.57 Å². The lowest BCUT2D eigenvalue weighted by Gasteiger charge is -2.34. The summed E-state index contributed by atoms with van der Waals surface area (Å²) in [6, 6.07) is 8.50. The Morgan fingerprint density at radius 1 is 1.20 bits per heavy atom. The first-order valence-electron chi connectivity index (χ1n) is 7.02. The number of hydrogen-bond donors (Lipinski definition) is 0. The Balaban J connectivity index is 1.77. The Hall–Kier alpha value is -0.660. The minimum atomic E-state index is -0.112. The summed E-state index contributed by atoms with van der Waals surface area (Å²) in [4.78, 5) is 16.1. The van der Waals surface area contributed by atoms with E-state index in [1.54, 1.807) is 0 Å². The van der Waals surface area contributed by atoms with Gasteiger partial charge in [-0.3, -0.25) is 14.6 Å². The molecule has 0 amide bonds. The SMILES string of the molecule is CCOC(=O)CN1CCN(Cc2ccccc2I)CC1. The molecule has 4 nitrogen and oxygen atoms in total. The fourth-order valence-corrected chi connectivity index (χ4v) is 2.92. The van der Waals surface area contributed by atoms with Crippen molar-refractivity contribution in [3.05, 3.63) is 33.4 Å². The van der Waals surface area contributed by atoms with Crippen molar-refractivity contribution >= 4 is 28.6 Å². The standard InChI is InChI=1S/C15H21IN2O2/c1-2-20-15(19)12-18-9-7-17(8-10-18)11-13-5-3-4-6-14(13)16/h3-6H,2,7-12H2,1H3. The average molecular weight is 388 g/mol. The van der Waals surface area contributed by atoms with Crippen LogP contribution in [0.4, 0.5) is 0 Å². The van der Waals surface area contributed by atoms with Crippen LogP contribution in [0.5, 0.6) is 0 Å². The lowest BCUT2D eigenvalue weighted by molar-refractivity contribution is -0.144. The molecule has 0 aliphatic carbocycles. The minimum Gasteiger partial charge on any atom is -0.465 e. The fraction of sp³-hybridized carbons (Fsp3) is 0.533. The summed E-state index contributed by atoms with van der Waals surface area (Å²) in [6.07, 6.45) is 0. The highest BCUT2D eigenvalue weighted by molar-refractivity contribution is 14.1. The lowest BCUT2D eigenvalue weighted by atomic mass is 10.2. The van der Waals surface area contributed by atoms with Gasteiger partial charge in [0.25, 0.3) is 0 Å². The Morgan fingerprint density at radius 3 is 2.50 bits per heavy atom. The van der Waals surface area contributed by atoms with Crippen LogP contribution in [0.2, 0.25) is 0 Å². The van der Waals surface area contributed by atoms with E-state index in [4.69, 9.17) is 4.74 Å². The number of carbonyl (C=O) groups is 1. The monoisotopic (exact) mass is 388 g/mol. The molecule has 0 N–H and O–H groups in total. The Labute approximate surface area is 134 Å². The summed E-state index contributed by atoms with van der Waals surface area (Å²) < 4.78 is 6.31. The molecule has 1 aliphatic rings. The van der Waals surface area contributed by atoms with Crippen molar-refractivity contribution in [2.45, 2.75) is 13.5 Å². The summed E-state index contributed by atoms with van der Waals surface area (Å²) in [5.41, 5.74) is 1.38. The molecule has 2 rings (SSSR count). The second-order valence-corrected chi connectivity index (χ2v) is 6.11. The van der Waals surface area contributed by atoms with Gasteiger partial charge in [0.15, 0.2) is 0 Å². The summed E-state index contributed by atoms with van der Waals surface area (Å²) in [5.74, 6) is -0.112. The van der Waals surface area contributed by atoms with Crippen LogP contribution in [0.25, 0.3) is 0 Å². The lowest BCUT2D eigenvalue weighted by Crippen LogP contribution is -2.47. The van der Waals surface area contributed by atoms with Crippen molar-refractivity contribution in [3.8, 4) is 0 Å². The van der Waals surface area contributed by atoms with E-state index >= 15 is 0 Å². The number of esters is 1. The van der Waals surface area contributed by atoms with Crippen molar-refractivity contribution in [2.75, 3.05) is 39.3 Å². The number of hydrogen-bond acceptors (Lipinski definition) is 4. The van der Waals surface area contributed by atoms with Gasteiger partial charge in [-0.2, -0.15) is 0 Å². The molecule has 0 atom stereocenters. The smallest absolute Gasteiger partial charge is 0.320 e. The average Bonchev–Trinajstić information content (AvgIpc) is 2.44. The van der Waals surface area contributed by atoms with Crippen molar-refractivity contribution in [1.29, 1.82) is 0 Å². The number of carbonyl (C=O) groups excluding carboxylic acids is 1. The van der Waals surface area contributed by atoms with E-state index in [2.05, 4.69) is 56.7 Å².